The molecule has 0 aromatic heterocycles. The molecule has 0 amide bonds. The first-order valence-corrected chi connectivity index (χ1v) is 5.20. The quantitative estimate of drug-likeness (QED) is 0.488. The van der Waals surface area contributed by atoms with Crippen molar-refractivity contribution in [3.8, 4) is 11.8 Å². The molecule has 0 unspecified atom stereocenters. The van der Waals surface area contributed by atoms with Gasteiger partial charge in [0, 0.05) is 16.3 Å². The molecule has 0 saturated carbocycles. The number of anilines is 1. The maximum atomic E-state index is 11.0. The smallest absolute Gasteiger partial charge is 0.317 e. The molecule has 0 radical (unpaired) electrons. The van der Waals surface area contributed by atoms with E-state index in [2.05, 4.69) is 11.8 Å². The van der Waals surface area contributed by atoms with Crippen LogP contribution < -0.4 is 5.73 Å². The van der Waals surface area contributed by atoms with Crippen LogP contribution in [0.25, 0.3) is 0 Å². The minimum absolute atomic E-state index is 0.0697. The van der Waals surface area contributed by atoms with E-state index >= 15 is 0 Å². The Bertz CT molecular complexity index is 426. The number of rotatable bonds is 2. The molecule has 0 aliphatic carbocycles. The first-order valence-electron chi connectivity index (χ1n) is 4.82. The number of hydrogen-bond acceptors (Lipinski definition) is 3. The topological polar surface area (TPSA) is 52.3 Å². The summed E-state index contributed by atoms with van der Waals surface area (Å²) < 4.78 is 4.74. The zero-order valence-corrected chi connectivity index (χ0v) is 9.67. The number of nitrogen functional groups attached to an aromatic ring is 1. The average molecular weight is 238 g/mol. The maximum absolute atomic E-state index is 11.0. The van der Waals surface area contributed by atoms with Gasteiger partial charge in [0.15, 0.2) is 0 Å². The summed E-state index contributed by atoms with van der Waals surface area (Å²) in [4.78, 5) is 11.0. The van der Waals surface area contributed by atoms with Gasteiger partial charge in [-0.3, -0.25) is 4.79 Å². The Kier molecular flexibility index (Phi) is 4.68. The first-order chi connectivity index (χ1) is 7.61. The van der Waals surface area contributed by atoms with Gasteiger partial charge in [-0.2, -0.15) is 0 Å². The Balaban J connectivity index is 2.66. The van der Waals surface area contributed by atoms with Gasteiger partial charge in [-0.25, -0.2) is 0 Å². The summed E-state index contributed by atoms with van der Waals surface area (Å²) >= 11 is 5.80. The molecule has 0 aliphatic heterocycles. The van der Waals surface area contributed by atoms with Crippen LogP contribution in [0.5, 0.6) is 0 Å². The molecule has 84 valence electrons. The second-order valence-electron chi connectivity index (χ2n) is 3.06. The number of halogens is 1. The monoisotopic (exact) mass is 237 g/mol. The van der Waals surface area contributed by atoms with E-state index < -0.39 is 0 Å². The number of carbonyl (C=O) groups is 1. The van der Waals surface area contributed by atoms with Crippen LogP contribution >= 0.6 is 11.6 Å². The lowest BCUT2D eigenvalue weighted by atomic mass is 10.2. The van der Waals surface area contributed by atoms with Crippen LogP contribution in [-0.4, -0.2) is 12.6 Å². The Morgan fingerprint density at radius 1 is 1.50 bits per heavy atom. The summed E-state index contributed by atoms with van der Waals surface area (Å²) in [7, 11) is 0. The van der Waals surface area contributed by atoms with Crippen LogP contribution in [0.1, 0.15) is 18.9 Å². The van der Waals surface area contributed by atoms with Gasteiger partial charge in [0.25, 0.3) is 0 Å². The Morgan fingerprint density at radius 2 is 2.25 bits per heavy atom. The highest BCUT2D eigenvalue weighted by Gasteiger charge is 1.97. The van der Waals surface area contributed by atoms with Gasteiger partial charge in [0.05, 0.1) is 6.61 Å². The van der Waals surface area contributed by atoms with E-state index in [1.165, 1.54) is 0 Å². The fourth-order valence-corrected chi connectivity index (χ4v) is 1.36. The van der Waals surface area contributed by atoms with Crippen molar-refractivity contribution in [2.24, 2.45) is 0 Å². The molecule has 1 rings (SSSR count). The van der Waals surface area contributed by atoms with E-state index in [4.69, 9.17) is 22.1 Å². The molecule has 2 N–H and O–H groups in total. The van der Waals surface area contributed by atoms with Crippen LogP contribution in [0.4, 0.5) is 5.69 Å². The van der Waals surface area contributed by atoms with Gasteiger partial charge >= 0.3 is 5.97 Å². The van der Waals surface area contributed by atoms with Crippen molar-refractivity contribution in [2.45, 2.75) is 13.3 Å². The van der Waals surface area contributed by atoms with Crippen LogP contribution in [0.15, 0.2) is 18.2 Å². The van der Waals surface area contributed by atoms with Crippen molar-refractivity contribution in [3.05, 3.63) is 28.8 Å². The number of nitrogens with two attached hydrogens (primary N) is 1. The van der Waals surface area contributed by atoms with Crippen molar-refractivity contribution >= 4 is 23.3 Å². The fourth-order valence-electron chi connectivity index (χ4n) is 1.11. The van der Waals surface area contributed by atoms with E-state index in [0.29, 0.717) is 22.9 Å². The van der Waals surface area contributed by atoms with Gasteiger partial charge in [-0.15, -0.1) is 0 Å². The molecule has 0 fully saturated rings. The molecule has 0 bridgehead atoms. The molecule has 0 heterocycles. The summed E-state index contributed by atoms with van der Waals surface area (Å²) in [5.74, 6) is 5.17. The van der Waals surface area contributed by atoms with Gasteiger partial charge in [0.1, 0.15) is 6.42 Å². The molecule has 0 atom stereocenters. The second kappa shape index (κ2) is 6.04. The molecule has 4 heteroatoms. The van der Waals surface area contributed by atoms with Crippen LogP contribution in [-0.2, 0) is 9.53 Å². The highest BCUT2D eigenvalue weighted by Crippen LogP contribution is 2.15. The summed E-state index contributed by atoms with van der Waals surface area (Å²) in [6, 6.07) is 5.03. The highest BCUT2D eigenvalue weighted by atomic mass is 35.5. The van der Waals surface area contributed by atoms with Crippen LogP contribution in [0, 0.1) is 11.8 Å². The minimum Gasteiger partial charge on any atom is -0.465 e. The Hall–Kier alpha value is -1.66. The summed E-state index contributed by atoms with van der Waals surface area (Å²) in [6.45, 7) is 2.12. The molecule has 1 aromatic carbocycles. The lowest BCUT2D eigenvalue weighted by Gasteiger charge is -1.96. The Labute approximate surface area is 99.5 Å². The number of benzene rings is 1. The molecule has 0 saturated heterocycles. The van der Waals surface area contributed by atoms with E-state index in [-0.39, 0.29) is 12.4 Å². The highest BCUT2D eigenvalue weighted by molar-refractivity contribution is 6.30. The number of esters is 1. The number of carbonyl (C=O) groups excluding carboxylic acids is 1. The van der Waals surface area contributed by atoms with E-state index in [9.17, 15) is 4.79 Å². The minimum atomic E-state index is -0.329. The third-order valence-corrected chi connectivity index (χ3v) is 1.91. The normalized spacial score (nSPS) is 9.12. The lowest BCUT2D eigenvalue weighted by Crippen LogP contribution is -2.01. The fraction of sp³-hybridized carbons (Fsp3) is 0.250. The van der Waals surface area contributed by atoms with Crippen molar-refractivity contribution in [1.82, 2.24) is 0 Å². The second-order valence-corrected chi connectivity index (χ2v) is 3.49. The third-order valence-electron chi connectivity index (χ3n) is 1.69. The van der Waals surface area contributed by atoms with Gasteiger partial charge in [-0.1, -0.05) is 23.4 Å². The Morgan fingerprint density at radius 3 is 2.88 bits per heavy atom. The van der Waals surface area contributed by atoms with Gasteiger partial charge in [-0.05, 0) is 25.1 Å². The van der Waals surface area contributed by atoms with Crippen molar-refractivity contribution in [3.63, 3.8) is 0 Å². The predicted molar refractivity (Wildman–Crippen MR) is 64.0 cm³/mol. The molecule has 0 aliphatic rings. The zero-order chi connectivity index (χ0) is 12.0. The average Bonchev–Trinajstić information content (AvgIpc) is 2.16. The van der Waals surface area contributed by atoms with E-state index in [1.807, 2.05) is 0 Å². The van der Waals surface area contributed by atoms with Crippen molar-refractivity contribution < 1.29 is 9.53 Å². The molecular formula is C12H12ClNO2. The molecule has 1 aromatic rings. The van der Waals surface area contributed by atoms with Gasteiger partial charge < -0.3 is 10.5 Å². The number of hydrogen-bond donors (Lipinski definition) is 1. The van der Waals surface area contributed by atoms with Crippen LogP contribution in [0.3, 0.4) is 0 Å². The van der Waals surface area contributed by atoms with Crippen LogP contribution in [0.2, 0.25) is 5.02 Å². The SMILES string of the molecule is CCOC(=O)CC#Cc1cc(N)cc(Cl)c1. The molecule has 3 nitrogen and oxygen atoms in total. The number of ether oxygens (including phenoxy) is 1. The third kappa shape index (κ3) is 4.24. The van der Waals surface area contributed by atoms with E-state index in [0.717, 1.165) is 0 Å². The van der Waals surface area contributed by atoms with Gasteiger partial charge in [0.2, 0.25) is 0 Å². The lowest BCUT2D eigenvalue weighted by molar-refractivity contribution is -0.141. The molecular weight excluding hydrogens is 226 g/mol. The first kappa shape index (κ1) is 12.4. The van der Waals surface area contributed by atoms with E-state index in [1.54, 1.807) is 25.1 Å². The predicted octanol–water partition coefficient (Wildman–Crippen LogP) is 2.23. The summed E-state index contributed by atoms with van der Waals surface area (Å²) in [6.07, 6.45) is 0.0697. The summed E-state index contributed by atoms with van der Waals surface area (Å²) in [5, 5.41) is 0.528. The van der Waals surface area contributed by atoms with Crippen molar-refractivity contribution in [1.29, 1.82) is 0 Å². The largest absolute Gasteiger partial charge is 0.465 e. The standard InChI is InChI=1S/C12H12ClNO2/c1-2-16-12(15)5-3-4-9-6-10(13)8-11(14)7-9/h6-8H,2,5,14H2,1H3. The molecule has 0 spiro atoms. The summed E-state index contributed by atoms with van der Waals surface area (Å²) in [5.41, 5.74) is 6.83. The maximum Gasteiger partial charge on any atom is 0.317 e. The zero-order valence-electron chi connectivity index (χ0n) is 8.92. The van der Waals surface area contributed by atoms with Crippen molar-refractivity contribution in [2.75, 3.05) is 12.3 Å². The molecule has 16 heavy (non-hydrogen) atoms.